The van der Waals surface area contributed by atoms with Gasteiger partial charge in [-0.3, -0.25) is 9.52 Å². The number of hydrogen-bond acceptors (Lipinski definition) is 5. The number of hydrogen-bond donors (Lipinski definition) is 3. The Hall–Kier alpha value is -3.48. The van der Waals surface area contributed by atoms with Crippen LogP contribution in [-0.2, 0) is 21.2 Å². The number of carboxylic acids is 1. The molecule has 0 aliphatic rings. The molecule has 0 radical (unpaired) electrons. The smallest absolute Gasteiger partial charge is 0.496 e. The van der Waals surface area contributed by atoms with Crippen molar-refractivity contribution < 1.29 is 41.0 Å². The summed E-state index contributed by atoms with van der Waals surface area (Å²) in [5.74, 6) is -1.74. The molecule has 3 aromatic carbocycles. The van der Waals surface area contributed by atoms with Gasteiger partial charge in [0.15, 0.2) is 0 Å². The molecule has 0 unspecified atom stereocenters. The number of benzene rings is 3. The van der Waals surface area contributed by atoms with E-state index in [4.69, 9.17) is 27.9 Å². The molecule has 1 amide bonds. The summed E-state index contributed by atoms with van der Waals surface area (Å²) in [6, 6.07) is 14.3. The van der Waals surface area contributed by atoms with Crippen LogP contribution in [0.4, 0.5) is 18.9 Å². The summed E-state index contributed by atoms with van der Waals surface area (Å²) in [6.45, 7) is 0. The molecule has 0 bridgehead atoms. The monoisotopic (exact) mass is 590 g/mol. The second kappa shape index (κ2) is 11.5. The van der Waals surface area contributed by atoms with Crippen molar-refractivity contribution in [2.45, 2.75) is 18.0 Å². The maximum Gasteiger partial charge on any atom is 0.516 e. The number of nitrogens with one attached hydrogen (secondary N) is 2. The standard InChI is InChI=1S/C24H19Cl2F3N2O6S/c1-37-20-5-3-2-4-16(20)14-8-6-13(7-9-14)10-19(23(33)34)30-22(32)21-17(25)11-15(12-18(21)26)31-38(35,36)24(27,28)29/h2-9,11-12,19,31H,10H2,1H3,(H,30,32)(H,33,34)/t19-/m0/s1. The van der Waals surface area contributed by atoms with Gasteiger partial charge in [0, 0.05) is 12.0 Å². The fraction of sp³-hybridized carbons (Fsp3) is 0.167. The van der Waals surface area contributed by atoms with Crippen molar-refractivity contribution in [2.24, 2.45) is 0 Å². The van der Waals surface area contributed by atoms with Crippen LogP contribution in [0, 0.1) is 0 Å². The number of methoxy groups -OCH3 is 1. The Morgan fingerprint density at radius 3 is 2.13 bits per heavy atom. The summed E-state index contributed by atoms with van der Waals surface area (Å²) in [5.41, 5.74) is -4.45. The molecule has 0 saturated heterocycles. The minimum absolute atomic E-state index is 0.119. The summed E-state index contributed by atoms with van der Waals surface area (Å²) in [5, 5.41) is 10.9. The first-order valence-electron chi connectivity index (χ1n) is 10.6. The number of anilines is 1. The molecule has 8 nitrogen and oxygen atoms in total. The number of carbonyl (C=O) groups is 2. The summed E-state index contributed by atoms with van der Waals surface area (Å²) >= 11 is 12.0. The molecule has 0 aromatic heterocycles. The molecular formula is C24H19Cl2F3N2O6S. The van der Waals surface area contributed by atoms with Crippen LogP contribution in [0.3, 0.4) is 0 Å². The van der Waals surface area contributed by atoms with E-state index in [0.29, 0.717) is 11.3 Å². The lowest BCUT2D eigenvalue weighted by molar-refractivity contribution is -0.139. The highest BCUT2D eigenvalue weighted by atomic mass is 35.5. The van der Waals surface area contributed by atoms with Crippen molar-refractivity contribution in [3.8, 4) is 16.9 Å². The Bertz CT molecular complexity index is 1440. The van der Waals surface area contributed by atoms with Crippen molar-refractivity contribution in [2.75, 3.05) is 11.8 Å². The number of ether oxygens (including phenoxy) is 1. The SMILES string of the molecule is COc1ccccc1-c1ccc(C[C@H](NC(=O)c2c(Cl)cc(NS(=O)(=O)C(F)(F)F)cc2Cl)C(=O)O)cc1. The van der Waals surface area contributed by atoms with E-state index in [0.717, 1.165) is 23.3 Å². The first kappa shape index (κ1) is 29.1. The van der Waals surface area contributed by atoms with E-state index in [1.807, 2.05) is 18.2 Å². The van der Waals surface area contributed by atoms with Crippen molar-refractivity contribution in [1.29, 1.82) is 0 Å². The van der Waals surface area contributed by atoms with Gasteiger partial charge in [0.05, 0.1) is 28.4 Å². The van der Waals surface area contributed by atoms with E-state index < -0.39 is 54.7 Å². The molecule has 38 heavy (non-hydrogen) atoms. The van der Waals surface area contributed by atoms with Crippen molar-refractivity contribution in [1.82, 2.24) is 5.32 Å². The average Bonchev–Trinajstić information content (AvgIpc) is 2.82. The van der Waals surface area contributed by atoms with Crippen LogP contribution in [0.1, 0.15) is 15.9 Å². The summed E-state index contributed by atoms with van der Waals surface area (Å²) in [4.78, 5) is 24.6. The van der Waals surface area contributed by atoms with E-state index >= 15 is 0 Å². The normalized spacial score (nSPS) is 12.5. The summed E-state index contributed by atoms with van der Waals surface area (Å²) < 4.78 is 67.1. The minimum atomic E-state index is -5.76. The van der Waals surface area contributed by atoms with Gasteiger partial charge in [-0.05, 0) is 29.3 Å². The molecule has 3 N–H and O–H groups in total. The predicted octanol–water partition coefficient (Wildman–Crippen LogP) is 5.36. The Morgan fingerprint density at radius 2 is 1.61 bits per heavy atom. The van der Waals surface area contributed by atoms with Gasteiger partial charge >= 0.3 is 21.5 Å². The van der Waals surface area contributed by atoms with Crippen molar-refractivity contribution >= 4 is 50.8 Å². The zero-order valence-electron chi connectivity index (χ0n) is 19.3. The number of aliphatic carboxylic acids is 1. The molecule has 0 aliphatic carbocycles. The maximum atomic E-state index is 12.8. The highest BCUT2D eigenvalue weighted by Crippen LogP contribution is 2.33. The van der Waals surface area contributed by atoms with Gasteiger partial charge in [-0.25, -0.2) is 4.79 Å². The second-order valence-electron chi connectivity index (χ2n) is 7.83. The molecule has 14 heteroatoms. The van der Waals surface area contributed by atoms with Crippen molar-refractivity contribution in [3.05, 3.63) is 81.8 Å². The van der Waals surface area contributed by atoms with E-state index in [-0.39, 0.29) is 6.42 Å². The molecular weight excluding hydrogens is 572 g/mol. The van der Waals surface area contributed by atoms with Crippen LogP contribution in [0.15, 0.2) is 60.7 Å². The van der Waals surface area contributed by atoms with E-state index in [1.165, 1.54) is 4.72 Å². The quantitative estimate of drug-likeness (QED) is 0.308. The minimum Gasteiger partial charge on any atom is -0.496 e. The molecule has 0 fully saturated rings. The fourth-order valence-corrected chi connectivity index (χ4v) is 4.63. The van der Waals surface area contributed by atoms with Gasteiger partial charge in [-0.1, -0.05) is 65.7 Å². The summed E-state index contributed by atoms with van der Waals surface area (Å²) in [6.07, 6.45) is -0.119. The van der Waals surface area contributed by atoms with Gasteiger partial charge < -0.3 is 15.2 Å². The highest BCUT2D eigenvalue weighted by molar-refractivity contribution is 7.93. The molecule has 0 spiro atoms. The lowest BCUT2D eigenvalue weighted by Crippen LogP contribution is -2.42. The van der Waals surface area contributed by atoms with Crippen LogP contribution >= 0.6 is 23.2 Å². The first-order chi connectivity index (χ1) is 17.7. The lowest BCUT2D eigenvalue weighted by atomic mass is 10.00. The fourth-order valence-electron chi connectivity index (χ4n) is 3.43. The van der Waals surface area contributed by atoms with Crippen LogP contribution < -0.4 is 14.8 Å². The number of carbonyl (C=O) groups excluding carboxylic acids is 1. The third-order valence-corrected chi connectivity index (χ3v) is 6.95. The number of amides is 1. The Morgan fingerprint density at radius 1 is 1.03 bits per heavy atom. The lowest BCUT2D eigenvalue weighted by Gasteiger charge is -2.17. The number of rotatable bonds is 9. The molecule has 0 aliphatic heterocycles. The van der Waals surface area contributed by atoms with Gasteiger partial charge in [-0.15, -0.1) is 0 Å². The number of carboxylic acid groups (broad SMARTS) is 1. The second-order valence-corrected chi connectivity index (χ2v) is 10.3. The Kier molecular flexibility index (Phi) is 8.80. The predicted molar refractivity (Wildman–Crippen MR) is 136 cm³/mol. The average molecular weight is 591 g/mol. The molecule has 1 atom stereocenters. The summed E-state index contributed by atoms with van der Waals surface area (Å²) in [7, 11) is -4.22. The Balaban J connectivity index is 1.78. The van der Waals surface area contributed by atoms with Gasteiger partial charge in [-0.2, -0.15) is 21.6 Å². The molecule has 0 saturated carbocycles. The number of para-hydroxylation sites is 1. The van der Waals surface area contributed by atoms with E-state index in [2.05, 4.69) is 5.32 Å². The number of halogens is 5. The zero-order valence-corrected chi connectivity index (χ0v) is 21.7. The van der Waals surface area contributed by atoms with Gasteiger partial charge in [0.25, 0.3) is 5.91 Å². The molecule has 0 heterocycles. The molecule has 202 valence electrons. The Labute approximate surface area is 225 Å². The van der Waals surface area contributed by atoms with Crippen LogP contribution in [0.5, 0.6) is 5.75 Å². The van der Waals surface area contributed by atoms with Gasteiger partial charge in [0.2, 0.25) is 0 Å². The van der Waals surface area contributed by atoms with Crippen molar-refractivity contribution in [3.63, 3.8) is 0 Å². The van der Waals surface area contributed by atoms with Gasteiger partial charge in [0.1, 0.15) is 11.8 Å². The maximum absolute atomic E-state index is 12.8. The number of alkyl halides is 3. The third-order valence-electron chi connectivity index (χ3n) is 5.24. The molecule has 3 rings (SSSR count). The zero-order chi connectivity index (χ0) is 28.3. The largest absolute Gasteiger partial charge is 0.516 e. The van der Waals surface area contributed by atoms with Crippen LogP contribution in [0.25, 0.3) is 11.1 Å². The van der Waals surface area contributed by atoms with Crippen LogP contribution in [-0.4, -0.2) is 44.1 Å². The number of sulfonamides is 1. The van der Waals surface area contributed by atoms with E-state index in [9.17, 15) is 36.3 Å². The van der Waals surface area contributed by atoms with Crippen LogP contribution in [0.2, 0.25) is 10.0 Å². The topological polar surface area (TPSA) is 122 Å². The first-order valence-corrected chi connectivity index (χ1v) is 12.8. The molecule has 3 aromatic rings. The highest BCUT2D eigenvalue weighted by Gasteiger charge is 2.46. The third kappa shape index (κ3) is 6.69. The van der Waals surface area contributed by atoms with E-state index in [1.54, 1.807) is 37.4 Å².